The second-order valence-electron chi connectivity index (χ2n) is 13.4. The van der Waals surface area contributed by atoms with Crippen molar-refractivity contribution in [2.24, 2.45) is 30.7 Å². The fourth-order valence-electron chi connectivity index (χ4n) is 6.18. The molecular formula is C34H22N8O23S5. The third-order valence-corrected chi connectivity index (χ3v) is 13.3. The Morgan fingerprint density at radius 2 is 1.16 bits per heavy atom. The fourth-order valence-corrected chi connectivity index (χ4v) is 9.48. The van der Waals surface area contributed by atoms with Gasteiger partial charge in [0.1, 0.15) is 48.0 Å². The highest BCUT2D eigenvalue weighted by molar-refractivity contribution is 7.94. The molecule has 0 saturated carbocycles. The van der Waals surface area contributed by atoms with Gasteiger partial charge < -0.3 is 26.2 Å². The van der Waals surface area contributed by atoms with E-state index in [4.69, 9.17) is 11.0 Å². The van der Waals surface area contributed by atoms with E-state index in [-0.39, 0.29) is 12.0 Å². The van der Waals surface area contributed by atoms with Crippen molar-refractivity contribution < 1.29 is 101 Å². The molecule has 6 aromatic rings. The Kier molecular flexibility index (Phi) is 14.0. The van der Waals surface area contributed by atoms with Gasteiger partial charge in [-0.1, -0.05) is 5.04 Å². The molecule has 0 aliphatic rings. The molecule has 0 spiro atoms. The predicted molar refractivity (Wildman–Crippen MR) is 232 cm³/mol. The van der Waals surface area contributed by atoms with Crippen molar-refractivity contribution in [2.75, 3.05) is 5.73 Å². The normalized spacial score (nSPS) is 12.8. The second kappa shape index (κ2) is 19.0. The number of nitrogens with two attached hydrogens (primary N) is 1. The van der Waals surface area contributed by atoms with E-state index in [2.05, 4.69) is 40.1 Å². The number of carboxylic acids is 2. The number of anilines is 1. The molecule has 0 unspecified atom stereocenters. The van der Waals surface area contributed by atoms with Gasteiger partial charge in [0.25, 0.3) is 46.2 Å². The number of nitro groups is 1. The first-order valence-corrected chi connectivity index (χ1v) is 24.1. The Hall–Kier alpha value is -7.75. The standard InChI is InChI=1S/C34H22N8O23S5/c35-27-21(11-23(67(52,53)54)18-9-22(66-65-64-51)28(31(44)26(18)27)40-37-19-3-1-15(42(49)50)8-24(19)68(55,56)57)39-38-20-4-2-16-17(32(20)70(61,62)63)10-25(69(58,59)60)29(30(16)43)41-36-14-6-12(33(45)46)5-13(7-14)34(47)48/h1-11,43-44,51H,35H2,(H,45,46)(H,47,48)(H,52,53,54)(H,55,56,57)(H,58,59,60)(H,61,62,63). The largest absolute Gasteiger partial charge is 0.505 e. The number of phenolic OH excluding ortho intramolecular Hbond substituents is 2. The number of rotatable bonds is 16. The number of nitrogen functional groups attached to an aromatic ring is 1. The molecule has 0 aromatic heterocycles. The van der Waals surface area contributed by atoms with Crippen LogP contribution in [0.15, 0.2) is 122 Å². The molecule has 0 aliphatic carbocycles. The van der Waals surface area contributed by atoms with Crippen LogP contribution < -0.4 is 5.73 Å². The van der Waals surface area contributed by atoms with Crippen LogP contribution in [0.4, 0.5) is 45.5 Å². The van der Waals surface area contributed by atoms with Crippen LogP contribution >= 0.6 is 12.0 Å². The van der Waals surface area contributed by atoms with Crippen LogP contribution in [0.25, 0.3) is 21.5 Å². The zero-order valence-electron chi connectivity index (χ0n) is 33.3. The fraction of sp³-hybridized carbons (Fsp3) is 0. The van der Waals surface area contributed by atoms with Crippen LogP contribution in [0.3, 0.4) is 0 Å². The lowest BCUT2D eigenvalue weighted by atomic mass is 10.0. The number of benzene rings is 6. The summed E-state index contributed by atoms with van der Waals surface area (Å²) in [5.41, 5.74) is -1.75. The maximum Gasteiger partial charge on any atom is 0.335 e. The number of carboxylic acid groups (broad SMARTS) is 2. The van der Waals surface area contributed by atoms with Gasteiger partial charge in [-0.2, -0.15) is 38.8 Å². The van der Waals surface area contributed by atoms with Crippen LogP contribution in [0.5, 0.6) is 11.5 Å². The molecule has 0 atom stereocenters. The Bertz CT molecular complexity index is 3820. The van der Waals surface area contributed by atoms with Crippen LogP contribution in [0.2, 0.25) is 0 Å². The summed E-state index contributed by atoms with van der Waals surface area (Å²) < 4.78 is 146. The summed E-state index contributed by atoms with van der Waals surface area (Å²) in [7, 11) is -21.9. The van der Waals surface area contributed by atoms with Crippen LogP contribution in [0, 0.1) is 10.1 Å². The first-order chi connectivity index (χ1) is 32.4. The van der Waals surface area contributed by atoms with Crippen molar-refractivity contribution in [2.45, 2.75) is 24.5 Å². The lowest BCUT2D eigenvalue weighted by Crippen LogP contribution is -2.03. The van der Waals surface area contributed by atoms with Crippen molar-refractivity contribution in [1.29, 1.82) is 0 Å². The average Bonchev–Trinajstić information content (AvgIpc) is 3.25. The van der Waals surface area contributed by atoms with Crippen LogP contribution in [0.1, 0.15) is 20.7 Å². The van der Waals surface area contributed by atoms with E-state index in [0.29, 0.717) is 30.3 Å². The number of carbonyl (C=O) groups is 2. The summed E-state index contributed by atoms with van der Waals surface area (Å²) in [6.07, 6.45) is 0. The maximum absolute atomic E-state index is 12.9. The van der Waals surface area contributed by atoms with Gasteiger partial charge in [-0.3, -0.25) is 28.3 Å². The van der Waals surface area contributed by atoms with Gasteiger partial charge in [0.05, 0.1) is 49.7 Å². The molecular weight excluding hydrogens is 1050 g/mol. The number of fused-ring (bicyclic) bond motifs is 2. The highest BCUT2D eigenvalue weighted by Crippen LogP contribution is 2.51. The zero-order valence-corrected chi connectivity index (χ0v) is 37.4. The van der Waals surface area contributed by atoms with E-state index < -0.39 is 171 Å². The molecule has 0 amide bonds. The molecule has 366 valence electrons. The molecule has 6 aromatic carbocycles. The molecule has 0 bridgehead atoms. The smallest absolute Gasteiger partial charge is 0.335 e. The topological polar surface area (TPSA) is 515 Å². The molecule has 11 N–H and O–H groups in total. The van der Waals surface area contributed by atoms with Crippen molar-refractivity contribution in [3.8, 4) is 11.5 Å². The first-order valence-electron chi connectivity index (χ1n) is 17.6. The Balaban J connectivity index is 1.58. The number of aromatic hydroxyl groups is 2. The third kappa shape index (κ3) is 10.6. The van der Waals surface area contributed by atoms with Crippen molar-refractivity contribution >= 4 is 131 Å². The van der Waals surface area contributed by atoms with Crippen molar-refractivity contribution in [3.05, 3.63) is 88.0 Å². The van der Waals surface area contributed by atoms with Gasteiger partial charge in [-0.15, -0.1) is 29.9 Å². The molecule has 70 heavy (non-hydrogen) atoms. The summed E-state index contributed by atoms with van der Waals surface area (Å²) >= 11 is -0.0263. The lowest BCUT2D eigenvalue weighted by Gasteiger charge is -2.15. The minimum atomic E-state index is -5.65. The van der Waals surface area contributed by atoms with E-state index in [1.807, 2.05) is 0 Å². The number of hydrogen-bond donors (Lipinski definition) is 10. The number of phenols is 2. The lowest BCUT2D eigenvalue weighted by molar-refractivity contribution is -0.432. The quantitative estimate of drug-likeness (QED) is 0.00890. The Morgan fingerprint density at radius 3 is 1.70 bits per heavy atom. The SMILES string of the molecule is Nc1c(N=Nc2ccc3c(O)c(N=Nc4cc(C(=O)O)cc(C(=O)O)c4)c(S(=O)(=O)O)cc3c2S(=O)(=O)O)cc(S(=O)(=O)O)c2cc(SOOO)c(N=Nc3ccc([N+](=O)[O-])cc3S(=O)(=O)O)c(O)c12. The van der Waals surface area contributed by atoms with Crippen LogP contribution in [-0.2, 0) is 49.8 Å². The number of nitrogens with zero attached hydrogens (tertiary/aromatic N) is 7. The summed E-state index contributed by atoms with van der Waals surface area (Å²) in [6.45, 7) is 0. The third-order valence-electron chi connectivity index (χ3n) is 9.08. The highest BCUT2D eigenvalue weighted by Gasteiger charge is 2.30. The Morgan fingerprint density at radius 1 is 0.600 bits per heavy atom. The molecule has 0 saturated heterocycles. The molecule has 0 heterocycles. The summed E-state index contributed by atoms with van der Waals surface area (Å²) in [5, 5.41) is 83.7. The monoisotopic (exact) mass is 1070 g/mol. The van der Waals surface area contributed by atoms with Gasteiger partial charge in [0.2, 0.25) is 0 Å². The summed E-state index contributed by atoms with van der Waals surface area (Å²) in [6, 6.07) is 7.32. The zero-order chi connectivity index (χ0) is 52.0. The number of hydrogen-bond acceptors (Lipinski definition) is 25. The molecule has 31 nitrogen and oxygen atoms in total. The van der Waals surface area contributed by atoms with E-state index in [1.54, 1.807) is 0 Å². The molecule has 0 fully saturated rings. The van der Waals surface area contributed by atoms with Gasteiger partial charge >= 0.3 is 11.9 Å². The van der Waals surface area contributed by atoms with Gasteiger partial charge in [-0.25, -0.2) is 14.8 Å². The van der Waals surface area contributed by atoms with Crippen LogP contribution in [-0.4, -0.2) is 94.4 Å². The second-order valence-corrected chi connectivity index (χ2v) is 19.7. The van der Waals surface area contributed by atoms with Gasteiger partial charge in [0, 0.05) is 28.3 Å². The van der Waals surface area contributed by atoms with Crippen molar-refractivity contribution in [1.82, 2.24) is 0 Å². The Labute approximate surface area is 391 Å². The number of azo groups is 3. The van der Waals surface area contributed by atoms with Gasteiger partial charge in [0.15, 0.2) is 11.5 Å². The molecule has 0 radical (unpaired) electrons. The maximum atomic E-state index is 12.9. The first kappa shape index (κ1) is 51.6. The summed E-state index contributed by atoms with van der Waals surface area (Å²) in [4.78, 5) is 27.7. The summed E-state index contributed by atoms with van der Waals surface area (Å²) in [5.74, 6) is -5.74. The minimum Gasteiger partial charge on any atom is -0.505 e. The molecule has 0 aliphatic heterocycles. The van der Waals surface area contributed by atoms with E-state index in [1.165, 1.54) is 0 Å². The van der Waals surface area contributed by atoms with E-state index >= 15 is 0 Å². The van der Waals surface area contributed by atoms with E-state index in [0.717, 1.165) is 36.4 Å². The number of non-ortho nitro benzene ring substituents is 1. The number of nitro benzene ring substituents is 1. The average molecular weight is 1070 g/mol. The van der Waals surface area contributed by atoms with E-state index in [9.17, 15) is 92.0 Å². The minimum absolute atomic E-state index is 0.0263. The van der Waals surface area contributed by atoms with Crippen molar-refractivity contribution in [3.63, 3.8) is 0 Å². The van der Waals surface area contributed by atoms with Gasteiger partial charge in [-0.05, 0) is 54.6 Å². The predicted octanol–water partition coefficient (Wildman–Crippen LogP) is 6.95. The highest BCUT2D eigenvalue weighted by atomic mass is 32.2. The molecule has 6 rings (SSSR count). The molecule has 36 heteroatoms. The number of aromatic carboxylic acids is 2.